The Labute approximate surface area is 169 Å². The molecule has 146 valence electrons. The van der Waals surface area contributed by atoms with Gasteiger partial charge in [-0.2, -0.15) is 0 Å². The number of carbonyl (C=O) groups is 2. The minimum atomic E-state index is -0.457. The van der Waals surface area contributed by atoms with E-state index in [1.807, 2.05) is 24.3 Å². The average molecular weight is 397 g/mol. The molecule has 1 aromatic carbocycles. The summed E-state index contributed by atoms with van der Waals surface area (Å²) in [7, 11) is 0. The molecule has 6 nitrogen and oxygen atoms in total. The van der Waals surface area contributed by atoms with E-state index in [-0.39, 0.29) is 16.6 Å². The Morgan fingerprint density at radius 2 is 2.18 bits per heavy atom. The van der Waals surface area contributed by atoms with Crippen LogP contribution in [0.2, 0.25) is 0 Å². The van der Waals surface area contributed by atoms with Crippen molar-refractivity contribution in [3.05, 3.63) is 40.7 Å². The van der Waals surface area contributed by atoms with E-state index >= 15 is 0 Å². The summed E-state index contributed by atoms with van der Waals surface area (Å²) in [5, 5.41) is 7.08. The number of rotatable bonds is 6. The van der Waals surface area contributed by atoms with Crippen molar-refractivity contribution in [1.29, 1.82) is 0 Å². The van der Waals surface area contributed by atoms with Gasteiger partial charge in [0.25, 0.3) is 5.91 Å². The molecule has 0 radical (unpaired) electrons. The number of nitrogens with one attached hydrogen (secondary N) is 2. The van der Waals surface area contributed by atoms with Gasteiger partial charge in [-0.3, -0.25) is 9.59 Å². The van der Waals surface area contributed by atoms with Gasteiger partial charge in [-0.25, -0.2) is 9.55 Å². The second-order valence-electron chi connectivity index (χ2n) is 7.38. The standard InChI is InChI=1S/C21H24N4O2S/c26-18(22-13-12-14-6-2-1-3-7-14)11-10-17-20(27)25-19(23-17)15-8-4-5-9-16(15)24-21(25)28/h4-6,8-9,17,23H,1-3,7,10-13H2,(H,22,26). The summed E-state index contributed by atoms with van der Waals surface area (Å²) >= 11 is 5.30. The third-order valence-electron chi connectivity index (χ3n) is 5.43. The quantitative estimate of drug-likeness (QED) is 0.570. The highest BCUT2D eigenvalue weighted by molar-refractivity contribution is 7.71. The average Bonchev–Trinajstić information content (AvgIpc) is 3.05. The number of para-hydroxylation sites is 1. The molecule has 1 aliphatic carbocycles. The largest absolute Gasteiger partial charge is 0.359 e. The van der Waals surface area contributed by atoms with Crippen molar-refractivity contribution in [2.24, 2.45) is 0 Å². The molecule has 0 saturated heterocycles. The fourth-order valence-electron chi connectivity index (χ4n) is 3.92. The van der Waals surface area contributed by atoms with Gasteiger partial charge in [0.1, 0.15) is 11.9 Å². The Morgan fingerprint density at radius 1 is 1.32 bits per heavy atom. The molecule has 1 amide bonds. The van der Waals surface area contributed by atoms with Crippen LogP contribution in [-0.2, 0) is 4.79 Å². The van der Waals surface area contributed by atoms with E-state index in [0.29, 0.717) is 25.2 Å². The lowest BCUT2D eigenvalue weighted by atomic mass is 9.97. The number of nitrogens with zero attached hydrogens (tertiary/aromatic N) is 2. The van der Waals surface area contributed by atoms with Gasteiger partial charge in [0.2, 0.25) is 10.7 Å². The van der Waals surface area contributed by atoms with E-state index in [9.17, 15) is 9.59 Å². The van der Waals surface area contributed by atoms with Crippen LogP contribution in [0, 0.1) is 4.77 Å². The molecule has 1 aromatic heterocycles. The zero-order valence-corrected chi connectivity index (χ0v) is 16.6. The third-order valence-corrected chi connectivity index (χ3v) is 5.71. The van der Waals surface area contributed by atoms with Crippen molar-refractivity contribution in [1.82, 2.24) is 14.9 Å². The molecule has 7 heteroatoms. The van der Waals surface area contributed by atoms with Crippen LogP contribution >= 0.6 is 12.2 Å². The molecule has 1 atom stereocenters. The van der Waals surface area contributed by atoms with Gasteiger partial charge in [0.15, 0.2) is 0 Å². The predicted octanol–water partition coefficient (Wildman–Crippen LogP) is 3.99. The maximum atomic E-state index is 12.7. The summed E-state index contributed by atoms with van der Waals surface area (Å²) in [6, 6.07) is 7.13. The first-order valence-corrected chi connectivity index (χ1v) is 10.3. The summed E-state index contributed by atoms with van der Waals surface area (Å²) < 4.78 is 1.70. The van der Waals surface area contributed by atoms with Crippen LogP contribution in [0.25, 0.3) is 10.9 Å². The molecule has 2 aromatic rings. The van der Waals surface area contributed by atoms with Gasteiger partial charge in [0, 0.05) is 18.4 Å². The molecule has 1 unspecified atom stereocenters. The number of allylic oxidation sites excluding steroid dienone is 1. The molecule has 0 fully saturated rings. The molecular weight excluding hydrogens is 372 g/mol. The second-order valence-corrected chi connectivity index (χ2v) is 7.74. The number of benzene rings is 1. The van der Waals surface area contributed by atoms with E-state index in [4.69, 9.17) is 12.2 Å². The van der Waals surface area contributed by atoms with Crippen LogP contribution in [0.3, 0.4) is 0 Å². The molecule has 1 aliphatic heterocycles. The maximum Gasteiger partial charge on any atom is 0.257 e. The van der Waals surface area contributed by atoms with Gasteiger partial charge in [-0.15, -0.1) is 0 Å². The Bertz CT molecular complexity index is 1010. The highest BCUT2D eigenvalue weighted by Crippen LogP contribution is 2.29. The van der Waals surface area contributed by atoms with Gasteiger partial charge in [-0.1, -0.05) is 23.8 Å². The summed E-state index contributed by atoms with van der Waals surface area (Å²) in [6.07, 6.45) is 8.79. The van der Waals surface area contributed by atoms with Gasteiger partial charge < -0.3 is 10.6 Å². The smallest absolute Gasteiger partial charge is 0.257 e. The summed E-state index contributed by atoms with van der Waals surface area (Å²) in [5.74, 6) is 0.516. The zero-order valence-electron chi connectivity index (χ0n) is 15.7. The number of hydrogen-bond acceptors (Lipinski definition) is 5. The monoisotopic (exact) mass is 396 g/mol. The minimum Gasteiger partial charge on any atom is -0.359 e. The molecule has 2 heterocycles. The van der Waals surface area contributed by atoms with Crippen LogP contribution in [0.5, 0.6) is 0 Å². The maximum absolute atomic E-state index is 12.7. The van der Waals surface area contributed by atoms with Crippen molar-refractivity contribution in [3.8, 4) is 0 Å². The normalized spacial score (nSPS) is 18.5. The number of anilines is 1. The summed E-state index contributed by atoms with van der Waals surface area (Å²) in [6.45, 7) is 0.663. The third kappa shape index (κ3) is 3.85. The van der Waals surface area contributed by atoms with Crippen LogP contribution in [0.4, 0.5) is 5.82 Å². The van der Waals surface area contributed by atoms with E-state index in [2.05, 4.69) is 21.7 Å². The minimum absolute atomic E-state index is 0.0199. The Hall–Kier alpha value is -2.54. The van der Waals surface area contributed by atoms with E-state index in [1.165, 1.54) is 23.0 Å². The molecule has 4 rings (SSSR count). The van der Waals surface area contributed by atoms with Crippen LogP contribution in [0.15, 0.2) is 35.9 Å². The Morgan fingerprint density at radius 3 is 3.00 bits per heavy atom. The highest BCUT2D eigenvalue weighted by Gasteiger charge is 2.31. The lowest BCUT2D eigenvalue weighted by molar-refractivity contribution is -0.121. The van der Waals surface area contributed by atoms with E-state index < -0.39 is 6.04 Å². The topological polar surface area (TPSA) is 76.0 Å². The molecular formula is C21H24N4O2S. The fourth-order valence-corrected chi connectivity index (χ4v) is 4.20. The molecule has 28 heavy (non-hydrogen) atoms. The summed E-state index contributed by atoms with van der Waals surface area (Å²) in [5.41, 5.74) is 2.21. The first-order valence-electron chi connectivity index (χ1n) is 9.90. The number of amides is 1. The first-order chi connectivity index (χ1) is 13.6. The Balaban J connectivity index is 1.34. The lowest BCUT2D eigenvalue weighted by Crippen LogP contribution is -2.29. The zero-order chi connectivity index (χ0) is 19.5. The SMILES string of the molecule is O=C(CCC1Nc2c3ccccc3nc(=S)n2C1=O)NCCC1=CCCCC1. The van der Waals surface area contributed by atoms with Crippen LogP contribution in [-0.4, -0.2) is 34.0 Å². The van der Waals surface area contributed by atoms with Crippen molar-refractivity contribution in [3.63, 3.8) is 0 Å². The summed E-state index contributed by atoms with van der Waals surface area (Å²) in [4.78, 5) is 29.3. The van der Waals surface area contributed by atoms with Crippen LogP contribution in [0.1, 0.15) is 49.7 Å². The van der Waals surface area contributed by atoms with Gasteiger partial charge in [-0.05, 0) is 62.9 Å². The predicted molar refractivity (Wildman–Crippen MR) is 112 cm³/mol. The molecule has 0 bridgehead atoms. The molecule has 2 aliphatic rings. The molecule has 2 N–H and O–H groups in total. The van der Waals surface area contributed by atoms with Gasteiger partial charge >= 0.3 is 0 Å². The van der Waals surface area contributed by atoms with Gasteiger partial charge in [0.05, 0.1) is 5.52 Å². The van der Waals surface area contributed by atoms with Crippen LogP contribution < -0.4 is 10.6 Å². The molecule has 0 spiro atoms. The first kappa shape index (κ1) is 18.8. The Kier molecular flexibility index (Phi) is 5.52. The van der Waals surface area contributed by atoms with E-state index in [0.717, 1.165) is 30.2 Å². The fraction of sp³-hybridized carbons (Fsp3) is 0.429. The van der Waals surface area contributed by atoms with Crippen molar-refractivity contribution in [2.45, 2.75) is 51.0 Å². The number of carbonyl (C=O) groups excluding carboxylic acids is 2. The van der Waals surface area contributed by atoms with Crippen molar-refractivity contribution >= 4 is 40.8 Å². The number of aromatic nitrogens is 2. The molecule has 0 saturated carbocycles. The number of hydrogen-bond donors (Lipinski definition) is 2. The number of fused-ring (bicyclic) bond motifs is 3. The second kappa shape index (κ2) is 8.22. The van der Waals surface area contributed by atoms with Crippen molar-refractivity contribution < 1.29 is 9.59 Å². The highest BCUT2D eigenvalue weighted by atomic mass is 32.1. The van der Waals surface area contributed by atoms with E-state index in [1.54, 1.807) is 0 Å². The van der Waals surface area contributed by atoms with Crippen molar-refractivity contribution in [2.75, 3.05) is 11.9 Å². The lowest BCUT2D eigenvalue weighted by Gasteiger charge is -2.13.